The predicted molar refractivity (Wildman–Crippen MR) is 47.6 cm³/mol. The second kappa shape index (κ2) is 3.14. The molecule has 0 aromatic rings. The molecular weight excluding hydrogens is 134 g/mol. The van der Waals surface area contributed by atoms with Gasteiger partial charge in [0.05, 0.1) is 0 Å². The van der Waals surface area contributed by atoms with E-state index in [2.05, 4.69) is 12.2 Å². The lowest BCUT2D eigenvalue weighted by molar-refractivity contribution is 0.325. The fourth-order valence-electron chi connectivity index (χ4n) is 2.73. The van der Waals surface area contributed by atoms with E-state index < -0.39 is 0 Å². The molecule has 2 fully saturated rings. The molecule has 1 saturated heterocycles. The quantitative estimate of drug-likeness (QED) is 0.609. The zero-order chi connectivity index (χ0) is 7.68. The van der Waals surface area contributed by atoms with E-state index in [4.69, 9.17) is 0 Å². The molecule has 0 amide bonds. The monoisotopic (exact) mass is 153 g/mol. The molecule has 64 valence electrons. The average molecular weight is 153 g/mol. The third-order valence-electron chi connectivity index (χ3n) is 3.44. The molecule has 0 spiro atoms. The standard InChI is InChI=1S/C10H19N/c1-2-9-7-8-5-3-4-6-10(8)11-9/h8-11H,2-7H2,1H3. The molecule has 1 heterocycles. The van der Waals surface area contributed by atoms with Crippen molar-refractivity contribution in [2.75, 3.05) is 0 Å². The van der Waals surface area contributed by atoms with Crippen LogP contribution in [0.1, 0.15) is 45.4 Å². The molecule has 0 aromatic heterocycles. The largest absolute Gasteiger partial charge is 0.311 e. The molecule has 3 unspecified atom stereocenters. The lowest BCUT2D eigenvalue weighted by atomic mass is 9.85. The van der Waals surface area contributed by atoms with Gasteiger partial charge in [-0.15, -0.1) is 0 Å². The summed E-state index contributed by atoms with van der Waals surface area (Å²) in [6.45, 7) is 2.30. The molecule has 0 radical (unpaired) electrons. The van der Waals surface area contributed by atoms with Crippen LogP contribution in [0.3, 0.4) is 0 Å². The lowest BCUT2D eigenvalue weighted by Gasteiger charge is -2.24. The number of hydrogen-bond donors (Lipinski definition) is 1. The minimum absolute atomic E-state index is 0.850. The Kier molecular flexibility index (Phi) is 2.17. The van der Waals surface area contributed by atoms with E-state index in [1.807, 2.05) is 0 Å². The van der Waals surface area contributed by atoms with Crippen molar-refractivity contribution in [1.82, 2.24) is 5.32 Å². The Morgan fingerprint density at radius 2 is 2.09 bits per heavy atom. The Morgan fingerprint density at radius 1 is 1.27 bits per heavy atom. The normalized spacial score (nSPS) is 43.9. The van der Waals surface area contributed by atoms with Crippen LogP contribution in [0.4, 0.5) is 0 Å². The van der Waals surface area contributed by atoms with Gasteiger partial charge in [0, 0.05) is 12.1 Å². The first-order valence-corrected chi connectivity index (χ1v) is 5.16. The van der Waals surface area contributed by atoms with Crippen LogP contribution in [0.2, 0.25) is 0 Å². The number of rotatable bonds is 1. The molecule has 1 aliphatic carbocycles. The van der Waals surface area contributed by atoms with Gasteiger partial charge in [-0.2, -0.15) is 0 Å². The summed E-state index contributed by atoms with van der Waals surface area (Å²) < 4.78 is 0. The Morgan fingerprint density at radius 3 is 2.82 bits per heavy atom. The Labute approximate surface area is 69.6 Å². The highest BCUT2D eigenvalue weighted by Gasteiger charge is 2.33. The van der Waals surface area contributed by atoms with Crippen molar-refractivity contribution in [2.45, 2.75) is 57.5 Å². The topological polar surface area (TPSA) is 12.0 Å². The van der Waals surface area contributed by atoms with Crippen LogP contribution in [-0.4, -0.2) is 12.1 Å². The third kappa shape index (κ3) is 1.44. The highest BCUT2D eigenvalue weighted by molar-refractivity contribution is 4.91. The summed E-state index contributed by atoms with van der Waals surface area (Å²) in [7, 11) is 0. The van der Waals surface area contributed by atoms with Crippen molar-refractivity contribution in [3.8, 4) is 0 Å². The van der Waals surface area contributed by atoms with Crippen LogP contribution in [0, 0.1) is 5.92 Å². The Balaban J connectivity index is 1.92. The number of hydrogen-bond acceptors (Lipinski definition) is 1. The van der Waals surface area contributed by atoms with Gasteiger partial charge in [0.25, 0.3) is 0 Å². The van der Waals surface area contributed by atoms with E-state index in [-0.39, 0.29) is 0 Å². The van der Waals surface area contributed by atoms with Crippen LogP contribution in [0.15, 0.2) is 0 Å². The van der Waals surface area contributed by atoms with Crippen molar-refractivity contribution in [3.05, 3.63) is 0 Å². The second-order valence-corrected chi connectivity index (χ2v) is 4.16. The van der Waals surface area contributed by atoms with Gasteiger partial charge in [-0.25, -0.2) is 0 Å². The molecule has 1 saturated carbocycles. The Hall–Kier alpha value is -0.0400. The average Bonchev–Trinajstić information content (AvgIpc) is 2.46. The summed E-state index contributed by atoms with van der Waals surface area (Å²) in [5.74, 6) is 1.04. The van der Waals surface area contributed by atoms with Crippen molar-refractivity contribution >= 4 is 0 Å². The summed E-state index contributed by atoms with van der Waals surface area (Å²) in [6, 6.07) is 1.75. The molecule has 2 rings (SSSR count). The zero-order valence-corrected chi connectivity index (χ0v) is 7.47. The van der Waals surface area contributed by atoms with E-state index in [1.54, 1.807) is 0 Å². The zero-order valence-electron chi connectivity index (χ0n) is 7.47. The highest BCUT2D eigenvalue weighted by atomic mass is 15.0. The first-order valence-electron chi connectivity index (χ1n) is 5.16. The van der Waals surface area contributed by atoms with Crippen molar-refractivity contribution in [1.29, 1.82) is 0 Å². The van der Waals surface area contributed by atoms with Crippen LogP contribution in [0.25, 0.3) is 0 Å². The van der Waals surface area contributed by atoms with Crippen molar-refractivity contribution in [2.24, 2.45) is 5.92 Å². The van der Waals surface area contributed by atoms with Gasteiger partial charge in [0.15, 0.2) is 0 Å². The molecule has 3 atom stereocenters. The van der Waals surface area contributed by atoms with Gasteiger partial charge < -0.3 is 5.32 Å². The molecule has 1 nitrogen and oxygen atoms in total. The first kappa shape index (κ1) is 7.60. The van der Waals surface area contributed by atoms with Crippen molar-refractivity contribution < 1.29 is 0 Å². The second-order valence-electron chi connectivity index (χ2n) is 4.16. The minimum atomic E-state index is 0.850. The maximum Gasteiger partial charge on any atom is 0.00984 e. The fraction of sp³-hybridized carbons (Fsp3) is 1.00. The molecule has 2 aliphatic rings. The molecular formula is C10H19N. The predicted octanol–water partition coefficient (Wildman–Crippen LogP) is 2.32. The molecule has 1 N–H and O–H groups in total. The maximum atomic E-state index is 3.74. The van der Waals surface area contributed by atoms with Crippen molar-refractivity contribution in [3.63, 3.8) is 0 Å². The third-order valence-corrected chi connectivity index (χ3v) is 3.44. The van der Waals surface area contributed by atoms with Gasteiger partial charge >= 0.3 is 0 Å². The van der Waals surface area contributed by atoms with Gasteiger partial charge in [0.2, 0.25) is 0 Å². The van der Waals surface area contributed by atoms with Gasteiger partial charge in [-0.1, -0.05) is 19.8 Å². The van der Waals surface area contributed by atoms with E-state index >= 15 is 0 Å². The van der Waals surface area contributed by atoms with Crippen LogP contribution >= 0.6 is 0 Å². The summed E-state index contributed by atoms with van der Waals surface area (Å²) in [5, 5.41) is 3.74. The number of fused-ring (bicyclic) bond motifs is 1. The highest BCUT2D eigenvalue weighted by Crippen LogP contribution is 2.33. The van der Waals surface area contributed by atoms with E-state index in [1.165, 1.54) is 38.5 Å². The fourth-order valence-corrected chi connectivity index (χ4v) is 2.73. The van der Waals surface area contributed by atoms with Crippen LogP contribution in [-0.2, 0) is 0 Å². The van der Waals surface area contributed by atoms with E-state index in [0.717, 1.165) is 18.0 Å². The smallest absolute Gasteiger partial charge is 0.00984 e. The van der Waals surface area contributed by atoms with Crippen LogP contribution in [0.5, 0.6) is 0 Å². The van der Waals surface area contributed by atoms with Gasteiger partial charge in [-0.05, 0) is 31.6 Å². The van der Waals surface area contributed by atoms with Gasteiger partial charge in [-0.3, -0.25) is 0 Å². The molecule has 1 aliphatic heterocycles. The van der Waals surface area contributed by atoms with Crippen LogP contribution < -0.4 is 5.32 Å². The summed E-state index contributed by atoms with van der Waals surface area (Å²) in [6.07, 6.45) is 8.67. The summed E-state index contributed by atoms with van der Waals surface area (Å²) in [5.41, 5.74) is 0. The van der Waals surface area contributed by atoms with E-state index in [0.29, 0.717) is 0 Å². The molecule has 11 heavy (non-hydrogen) atoms. The number of nitrogens with one attached hydrogen (secondary N) is 1. The molecule has 1 heteroatoms. The van der Waals surface area contributed by atoms with E-state index in [9.17, 15) is 0 Å². The minimum Gasteiger partial charge on any atom is -0.311 e. The first-order chi connectivity index (χ1) is 5.40. The van der Waals surface area contributed by atoms with Gasteiger partial charge in [0.1, 0.15) is 0 Å². The summed E-state index contributed by atoms with van der Waals surface area (Å²) in [4.78, 5) is 0. The lowest BCUT2D eigenvalue weighted by Crippen LogP contribution is -2.32. The summed E-state index contributed by atoms with van der Waals surface area (Å²) >= 11 is 0. The Bertz CT molecular complexity index is 119. The SMILES string of the molecule is CCC1CC2CCCCC2N1. The maximum absolute atomic E-state index is 3.74. The molecule has 0 bridgehead atoms. The molecule has 0 aromatic carbocycles.